The van der Waals surface area contributed by atoms with Crippen LogP contribution in [0.15, 0.2) is 77.7 Å². The molecular formula is C24H23N5O2. The Labute approximate surface area is 180 Å². The molecule has 0 unspecified atom stereocenters. The van der Waals surface area contributed by atoms with Gasteiger partial charge in [-0.15, -0.1) is 0 Å². The lowest BCUT2D eigenvalue weighted by atomic mass is 10.1. The van der Waals surface area contributed by atoms with E-state index in [9.17, 15) is 4.79 Å². The maximum Gasteiger partial charge on any atom is 0.276 e. The number of hydrogen-bond acceptors (Lipinski definition) is 5. The first kappa shape index (κ1) is 19.1. The van der Waals surface area contributed by atoms with E-state index in [0.29, 0.717) is 24.5 Å². The lowest BCUT2D eigenvalue weighted by Gasteiger charge is -2.35. The molecule has 31 heavy (non-hydrogen) atoms. The first-order valence-electron chi connectivity index (χ1n) is 10.3. The van der Waals surface area contributed by atoms with Gasteiger partial charge in [-0.3, -0.25) is 4.79 Å². The van der Waals surface area contributed by atoms with E-state index in [1.54, 1.807) is 6.07 Å². The molecule has 0 saturated carbocycles. The van der Waals surface area contributed by atoms with Crippen LogP contribution in [0.3, 0.4) is 0 Å². The van der Waals surface area contributed by atoms with Gasteiger partial charge in [0.15, 0.2) is 11.5 Å². The average molecular weight is 413 g/mol. The van der Waals surface area contributed by atoms with Gasteiger partial charge in [-0.25, -0.2) is 4.98 Å². The minimum absolute atomic E-state index is 0.0867. The van der Waals surface area contributed by atoms with Crippen molar-refractivity contribution in [1.29, 1.82) is 0 Å². The molecule has 0 N–H and O–H groups in total. The van der Waals surface area contributed by atoms with Crippen molar-refractivity contribution in [3.8, 4) is 17.0 Å². The number of hydrogen-bond donors (Lipinski definition) is 0. The molecule has 4 aromatic rings. The number of benzene rings is 2. The predicted molar refractivity (Wildman–Crippen MR) is 118 cm³/mol. The first-order valence-corrected chi connectivity index (χ1v) is 10.3. The Hall–Kier alpha value is -3.87. The van der Waals surface area contributed by atoms with E-state index < -0.39 is 0 Å². The van der Waals surface area contributed by atoms with E-state index in [-0.39, 0.29) is 5.91 Å². The minimum Gasteiger partial charge on any atom is -0.368 e. The van der Waals surface area contributed by atoms with E-state index in [1.165, 1.54) is 0 Å². The molecule has 2 aromatic carbocycles. The lowest BCUT2D eigenvalue weighted by Crippen LogP contribution is -2.48. The molecule has 7 heteroatoms. The zero-order valence-corrected chi connectivity index (χ0v) is 17.3. The van der Waals surface area contributed by atoms with Crippen molar-refractivity contribution in [2.45, 2.75) is 6.92 Å². The van der Waals surface area contributed by atoms with Gasteiger partial charge in [-0.2, -0.15) is 0 Å². The van der Waals surface area contributed by atoms with Crippen LogP contribution < -0.4 is 4.90 Å². The van der Waals surface area contributed by atoms with Crippen molar-refractivity contribution in [3.05, 3.63) is 84.6 Å². The van der Waals surface area contributed by atoms with Crippen molar-refractivity contribution in [2.75, 3.05) is 31.1 Å². The molecule has 1 fully saturated rings. The van der Waals surface area contributed by atoms with Crippen LogP contribution in [0.4, 0.5) is 5.69 Å². The third-order valence-electron chi connectivity index (χ3n) is 5.58. The van der Waals surface area contributed by atoms with E-state index in [1.807, 2.05) is 59.2 Å². The summed E-state index contributed by atoms with van der Waals surface area (Å²) in [4.78, 5) is 21.3. The molecule has 156 valence electrons. The quantitative estimate of drug-likeness (QED) is 0.509. The molecule has 7 nitrogen and oxygen atoms in total. The second-order valence-corrected chi connectivity index (χ2v) is 7.66. The molecule has 0 aliphatic carbocycles. The number of carbonyl (C=O) groups is 1. The number of aryl methyl sites for hydroxylation is 1. The number of rotatable bonds is 4. The second-order valence-electron chi connectivity index (χ2n) is 7.66. The zero-order chi connectivity index (χ0) is 21.2. The topological polar surface area (TPSA) is 67.4 Å². The number of anilines is 1. The minimum atomic E-state index is -0.0867. The molecule has 0 radical (unpaired) electrons. The number of amides is 1. The summed E-state index contributed by atoms with van der Waals surface area (Å²) in [5.41, 5.74) is 4.49. The Morgan fingerprint density at radius 1 is 0.935 bits per heavy atom. The van der Waals surface area contributed by atoms with Gasteiger partial charge in [-0.1, -0.05) is 35.5 Å². The average Bonchev–Trinajstić information content (AvgIpc) is 3.49. The molecule has 1 aliphatic rings. The third kappa shape index (κ3) is 3.94. The van der Waals surface area contributed by atoms with Gasteiger partial charge >= 0.3 is 0 Å². The maximum absolute atomic E-state index is 12.9. The number of aromatic nitrogens is 3. The fourth-order valence-electron chi connectivity index (χ4n) is 3.84. The fraction of sp³-hybridized carbons (Fsp3) is 0.208. The summed E-state index contributed by atoms with van der Waals surface area (Å²) in [5, 5.41) is 4.00. The van der Waals surface area contributed by atoms with Crippen molar-refractivity contribution in [1.82, 2.24) is 19.6 Å². The van der Waals surface area contributed by atoms with Gasteiger partial charge in [0, 0.05) is 55.4 Å². The Bertz CT molecular complexity index is 1170. The Kier molecular flexibility index (Phi) is 5.00. The highest BCUT2D eigenvalue weighted by Gasteiger charge is 2.25. The van der Waals surface area contributed by atoms with Crippen LogP contribution in [0.2, 0.25) is 0 Å². The molecule has 1 amide bonds. The van der Waals surface area contributed by atoms with Crippen molar-refractivity contribution in [2.24, 2.45) is 0 Å². The summed E-state index contributed by atoms with van der Waals surface area (Å²) in [6.07, 6.45) is 3.83. The van der Waals surface area contributed by atoms with E-state index in [4.69, 9.17) is 4.52 Å². The summed E-state index contributed by atoms with van der Waals surface area (Å²) in [5.74, 6) is 0.521. The summed E-state index contributed by atoms with van der Waals surface area (Å²) in [6, 6.07) is 19.8. The second kappa shape index (κ2) is 8.10. The van der Waals surface area contributed by atoms with Crippen LogP contribution >= 0.6 is 0 Å². The van der Waals surface area contributed by atoms with Crippen molar-refractivity contribution >= 4 is 11.6 Å². The zero-order valence-electron chi connectivity index (χ0n) is 17.3. The lowest BCUT2D eigenvalue weighted by molar-refractivity contribution is 0.0736. The van der Waals surface area contributed by atoms with Gasteiger partial charge in [0.1, 0.15) is 0 Å². The van der Waals surface area contributed by atoms with Crippen LogP contribution in [0, 0.1) is 6.92 Å². The molecule has 0 atom stereocenters. The van der Waals surface area contributed by atoms with Crippen molar-refractivity contribution < 1.29 is 9.32 Å². The molecule has 2 aromatic heterocycles. The summed E-state index contributed by atoms with van der Waals surface area (Å²) in [7, 11) is 0. The van der Waals surface area contributed by atoms with Gasteiger partial charge in [0.05, 0.1) is 12.0 Å². The highest BCUT2D eigenvalue weighted by atomic mass is 16.5. The summed E-state index contributed by atoms with van der Waals surface area (Å²) < 4.78 is 7.40. The highest BCUT2D eigenvalue weighted by molar-refractivity contribution is 5.93. The molecular weight excluding hydrogens is 390 g/mol. The van der Waals surface area contributed by atoms with Crippen LogP contribution in [0.1, 0.15) is 16.2 Å². The van der Waals surface area contributed by atoms with E-state index >= 15 is 0 Å². The number of carbonyl (C=O) groups excluding carboxylic acids is 1. The molecule has 3 heterocycles. The smallest absolute Gasteiger partial charge is 0.276 e. The fourth-order valence-corrected chi connectivity index (χ4v) is 3.84. The normalized spacial score (nSPS) is 14.1. The molecule has 1 saturated heterocycles. The molecule has 0 spiro atoms. The predicted octanol–water partition coefficient (Wildman–Crippen LogP) is 3.80. The molecule has 0 bridgehead atoms. The van der Waals surface area contributed by atoms with Gasteiger partial charge in [0.2, 0.25) is 0 Å². The first-order chi connectivity index (χ1) is 15.2. The summed E-state index contributed by atoms with van der Waals surface area (Å²) in [6.45, 7) is 4.83. The number of piperazine rings is 1. The van der Waals surface area contributed by atoms with Crippen LogP contribution in [-0.4, -0.2) is 51.7 Å². The highest BCUT2D eigenvalue weighted by Crippen LogP contribution is 2.22. The van der Waals surface area contributed by atoms with E-state index in [2.05, 4.69) is 39.3 Å². The van der Waals surface area contributed by atoms with E-state index in [0.717, 1.165) is 35.7 Å². The Balaban J connectivity index is 1.21. The monoisotopic (exact) mass is 413 g/mol. The molecule has 1 aliphatic heterocycles. The van der Waals surface area contributed by atoms with Gasteiger partial charge in [-0.05, 0) is 31.2 Å². The van der Waals surface area contributed by atoms with Gasteiger partial charge < -0.3 is 18.9 Å². The standard InChI is InChI=1S/C24H23N5O2/c1-18-16-29(17-25-18)21-9-7-20(8-10-21)27-11-13-28(14-12-27)24(30)22-15-23(31-26-22)19-5-3-2-4-6-19/h2-10,15-17H,11-14H2,1H3. The van der Waals surface area contributed by atoms with Gasteiger partial charge in [0.25, 0.3) is 5.91 Å². The number of imidazole rings is 1. The third-order valence-corrected chi connectivity index (χ3v) is 5.58. The summed E-state index contributed by atoms with van der Waals surface area (Å²) >= 11 is 0. The largest absolute Gasteiger partial charge is 0.368 e. The maximum atomic E-state index is 12.9. The Morgan fingerprint density at radius 2 is 1.65 bits per heavy atom. The SMILES string of the molecule is Cc1cn(-c2ccc(N3CCN(C(=O)c4cc(-c5ccccc5)on4)CC3)cc2)cn1. The van der Waals surface area contributed by atoms with Crippen LogP contribution in [0.5, 0.6) is 0 Å². The van der Waals surface area contributed by atoms with Crippen LogP contribution in [0.25, 0.3) is 17.0 Å². The number of nitrogens with zero attached hydrogens (tertiary/aromatic N) is 5. The molecule has 5 rings (SSSR count). The van der Waals surface area contributed by atoms with Crippen LogP contribution in [-0.2, 0) is 0 Å². The Morgan fingerprint density at radius 3 is 2.32 bits per heavy atom. The van der Waals surface area contributed by atoms with Crippen molar-refractivity contribution in [3.63, 3.8) is 0 Å².